The summed E-state index contributed by atoms with van der Waals surface area (Å²) in [4.78, 5) is 0. The van der Waals surface area contributed by atoms with E-state index in [9.17, 15) is 0 Å². The largest absolute Gasteiger partial charge is 0.314 e. The Morgan fingerprint density at radius 2 is 1.82 bits per heavy atom. The highest BCUT2D eigenvalue weighted by Crippen LogP contribution is 2.16. The van der Waals surface area contributed by atoms with Gasteiger partial charge in [-0.25, -0.2) is 0 Å². The zero-order chi connectivity index (χ0) is 12.7. The Morgan fingerprint density at radius 3 is 2.41 bits per heavy atom. The van der Waals surface area contributed by atoms with Crippen LogP contribution >= 0.6 is 15.9 Å². The quantitative estimate of drug-likeness (QED) is 0.786. The van der Waals surface area contributed by atoms with E-state index in [2.05, 4.69) is 66.3 Å². The van der Waals surface area contributed by atoms with E-state index in [0.29, 0.717) is 6.04 Å². The summed E-state index contributed by atoms with van der Waals surface area (Å²) in [5.74, 6) is 0.732. The highest BCUT2D eigenvalue weighted by atomic mass is 79.9. The Morgan fingerprint density at radius 1 is 1.18 bits per heavy atom. The van der Waals surface area contributed by atoms with Crippen LogP contribution in [-0.4, -0.2) is 12.6 Å². The second kappa shape index (κ2) is 7.88. The first-order chi connectivity index (χ1) is 8.11. The molecule has 0 aliphatic heterocycles. The average Bonchev–Trinajstić information content (AvgIpc) is 2.29. The number of halogens is 1. The average molecular weight is 298 g/mol. The molecule has 0 aliphatic rings. The van der Waals surface area contributed by atoms with E-state index in [1.807, 2.05) is 0 Å². The Hall–Kier alpha value is -0.340. The molecule has 1 rings (SSSR count). The summed E-state index contributed by atoms with van der Waals surface area (Å²) < 4.78 is 1.16. The molecule has 0 fully saturated rings. The first-order valence-electron chi connectivity index (χ1n) is 6.59. The summed E-state index contributed by atoms with van der Waals surface area (Å²) in [5.41, 5.74) is 1.43. The van der Waals surface area contributed by atoms with Crippen LogP contribution in [-0.2, 0) is 6.42 Å². The van der Waals surface area contributed by atoms with Crippen LogP contribution < -0.4 is 5.32 Å². The van der Waals surface area contributed by atoms with Crippen molar-refractivity contribution < 1.29 is 0 Å². The van der Waals surface area contributed by atoms with Crippen LogP contribution in [0.1, 0.15) is 39.2 Å². The van der Waals surface area contributed by atoms with Crippen molar-refractivity contribution in [2.45, 2.75) is 46.1 Å². The maximum absolute atomic E-state index is 3.55. The van der Waals surface area contributed by atoms with E-state index in [0.717, 1.165) is 16.9 Å². The summed E-state index contributed by atoms with van der Waals surface area (Å²) >= 11 is 3.47. The Labute approximate surface area is 114 Å². The van der Waals surface area contributed by atoms with Gasteiger partial charge in [-0.1, -0.05) is 41.9 Å². The van der Waals surface area contributed by atoms with Crippen molar-refractivity contribution in [3.05, 3.63) is 34.3 Å². The van der Waals surface area contributed by atoms with Gasteiger partial charge in [0.25, 0.3) is 0 Å². The molecule has 0 heterocycles. The summed E-state index contributed by atoms with van der Waals surface area (Å²) in [6, 6.07) is 9.30. The summed E-state index contributed by atoms with van der Waals surface area (Å²) in [6.07, 6.45) is 3.63. The van der Waals surface area contributed by atoms with Crippen molar-refractivity contribution in [1.29, 1.82) is 0 Å². The van der Waals surface area contributed by atoms with E-state index < -0.39 is 0 Å². The molecule has 1 N–H and O–H groups in total. The minimum absolute atomic E-state index is 0.625. The molecule has 1 nitrogen and oxygen atoms in total. The van der Waals surface area contributed by atoms with Crippen LogP contribution in [0.4, 0.5) is 0 Å². The zero-order valence-corrected chi connectivity index (χ0v) is 12.8. The summed E-state index contributed by atoms with van der Waals surface area (Å²) in [6.45, 7) is 7.97. The van der Waals surface area contributed by atoms with E-state index >= 15 is 0 Å². The van der Waals surface area contributed by atoms with Crippen LogP contribution in [0.2, 0.25) is 0 Å². The van der Waals surface area contributed by atoms with E-state index in [1.165, 1.54) is 24.8 Å². The molecule has 1 aromatic carbocycles. The second-order valence-electron chi connectivity index (χ2n) is 5.03. The van der Waals surface area contributed by atoms with Gasteiger partial charge in [-0.3, -0.25) is 0 Å². The van der Waals surface area contributed by atoms with Crippen LogP contribution in [0.5, 0.6) is 0 Å². The molecule has 0 bridgehead atoms. The third kappa shape index (κ3) is 6.23. The predicted octanol–water partition coefficient (Wildman–Crippen LogP) is 4.41. The fourth-order valence-corrected chi connectivity index (χ4v) is 2.45. The van der Waals surface area contributed by atoms with E-state index in [-0.39, 0.29) is 0 Å². The summed E-state index contributed by atoms with van der Waals surface area (Å²) in [5, 5.41) is 3.55. The van der Waals surface area contributed by atoms with Crippen molar-refractivity contribution in [2.75, 3.05) is 6.54 Å². The smallest absolute Gasteiger partial charge is 0.0175 e. The fraction of sp³-hybridized carbons (Fsp3) is 0.600. The van der Waals surface area contributed by atoms with Gasteiger partial charge >= 0.3 is 0 Å². The topological polar surface area (TPSA) is 12.0 Å². The molecule has 2 unspecified atom stereocenters. The molecule has 0 amide bonds. The van der Waals surface area contributed by atoms with Gasteiger partial charge < -0.3 is 5.32 Å². The molecule has 0 aliphatic carbocycles. The summed E-state index contributed by atoms with van der Waals surface area (Å²) in [7, 11) is 0. The van der Waals surface area contributed by atoms with Crippen LogP contribution in [0.3, 0.4) is 0 Å². The molecule has 0 aromatic heterocycles. The minimum atomic E-state index is 0.625. The standard InChI is InChI=1S/C15H24BrN/c1-4-9-17-13(3)10-12(2)11-14-5-7-15(16)8-6-14/h5-8,12-13,17H,4,9-11H2,1-3H3. The lowest BCUT2D eigenvalue weighted by Crippen LogP contribution is -2.28. The Bertz CT molecular complexity index is 307. The van der Waals surface area contributed by atoms with E-state index in [1.54, 1.807) is 0 Å². The van der Waals surface area contributed by atoms with Gasteiger partial charge in [-0.2, -0.15) is 0 Å². The highest BCUT2D eigenvalue weighted by molar-refractivity contribution is 9.10. The van der Waals surface area contributed by atoms with Crippen molar-refractivity contribution in [1.82, 2.24) is 5.32 Å². The maximum Gasteiger partial charge on any atom is 0.0175 e. The number of benzene rings is 1. The van der Waals surface area contributed by atoms with Gasteiger partial charge in [0.2, 0.25) is 0 Å². The van der Waals surface area contributed by atoms with Crippen molar-refractivity contribution >= 4 is 15.9 Å². The molecular formula is C15H24BrN. The van der Waals surface area contributed by atoms with Gasteiger partial charge in [-0.05, 0) is 56.3 Å². The van der Waals surface area contributed by atoms with Crippen LogP contribution in [0.25, 0.3) is 0 Å². The van der Waals surface area contributed by atoms with Crippen molar-refractivity contribution in [3.8, 4) is 0 Å². The van der Waals surface area contributed by atoms with Crippen molar-refractivity contribution in [3.63, 3.8) is 0 Å². The molecule has 2 heteroatoms. The lowest BCUT2D eigenvalue weighted by atomic mass is 9.95. The minimum Gasteiger partial charge on any atom is -0.314 e. The lowest BCUT2D eigenvalue weighted by molar-refractivity contribution is 0.420. The third-order valence-corrected chi connectivity index (χ3v) is 3.52. The first kappa shape index (κ1) is 14.7. The van der Waals surface area contributed by atoms with Gasteiger partial charge in [0.05, 0.1) is 0 Å². The Kier molecular flexibility index (Phi) is 6.83. The van der Waals surface area contributed by atoms with Gasteiger partial charge in [0.15, 0.2) is 0 Å². The van der Waals surface area contributed by atoms with Gasteiger partial charge in [0.1, 0.15) is 0 Å². The van der Waals surface area contributed by atoms with Crippen molar-refractivity contribution in [2.24, 2.45) is 5.92 Å². The molecule has 0 saturated heterocycles. The second-order valence-corrected chi connectivity index (χ2v) is 5.94. The highest BCUT2D eigenvalue weighted by Gasteiger charge is 2.08. The Balaban J connectivity index is 2.33. The molecule has 0 saturated carbocycles. The molecule has 1 aromatic rings. The van der Waals surface area contributed by atoms with Gasteiger partial charge in [-0.15, -0.1) is 0 Å². The fourth-order valence-electron chi connectivity index (χ4n) is 2.18. The number of hydrogen-bond donors (Lipinski definition) is 1. The SMILES string of the molecule is CCCNC(C)CC(C)Cc1ccc(Br)cc1. The van der Waals surface area contributed by atoms with Crippen LogP contribution in [0.15, 0.2) is 28.7 Å². The molecule has 2 atom stereocenters. The van der Waals surface area contributed by atoms with E-state index in [4.69, 9.17) is 0 Å². The van der Waals surface area contributed by atoms with Gasteiger partial charge in [0, 0.05) is 10.5 Å². The number of nitrogens with one attached hydrogen (secondary N) is 1. The molecule has 0 radical (unpaired) electrons. The molecule has 17 heavy (non-hydrogen) atoms. The zero-order valence-electron chi connectivity index (χ0n) is 11.2. The predicted molar refractivity (Wildman–Crippen MR) is 79.4 cm³/mol. The maximum atomic E-state index is 3.55. The number of rotatable bonds is 7. The molecule has 96 valence electrons. The molecular weight excluding hydrogens is 274 g/mol. The monoisotopic (exact) mass is 297 g/mol. The van der Waals surface area contributed by atoms with Crippen LogP contribution in [0, 0.1) is 5.92 Å². The third-order valence-electron chi connectivity index (χ3n) is 3.00. The first-order valence-corrected chi connectivity index (χ1v) is 7.39. The lowest BCUT2D eigenvalue weighted by Gasteiger charge is -2.18. The normalized spacial score (nSPS) is 14.6. The molecule has 0 spiro atoms. The number of hydrogen-bond acceptors (Lipinski definition) is 1.